The molecule has 24 heavy (non-hydrogen) atoms. The van der Waals surface area contributed by atoms with Crippen LogP contribution in [0.25, 0.3) is 22.6 Å². The van der Waals surface area contributed by atoms with E-state index >= 15 is 0 Å². The van der Waals surface area contributed by atoms with Gasteiger partial charge in [-0.2, -0.15) is 0 Å². The highest BCUT2D eigenvalue weighted by Crippen LogP contribution is 2.25. The summed E-state index contributed by atoms with van der Waals surface area (Å²) >= 11 is 5.14. The molecule has 0 radical (unpaired) electrons. The van der Waals surface area contributed by atoms with E-state index in [2.05, 4.69) is 20.6 Å². The molecule has 0 fully saturated rings. The second kappa shape index (κ2) is 7.18. The first-order valence-corrected chi connectivity index (χ1v) is 7.98. The number of oxazole rings is 1. The Morgan fingerprint density at radius 1 is 1.25 bits per heavy atom. The number of fused-ring (bicyclic) bond motifs is 1. The Morgan fingerprint density at radius 2 is 2.04 bits per heavy atom. The zero-order valence-electron chi connectivity index (χ0n) is 13.1. The molecule has 0 atom stereocenters. The minimum atomic E-state index is -0.0995. The molecule has 0 aliphatic rings. The van der Waals surface area contributed by atoms with Crippen molar-refractivity contribution >= 4 is 40.0 Å². The molecule has 2 heterocycles. The Balaban J connectivity index is 1.76. The molecule has 0 aliphatic heterocycles. The largest absolute Gasteiger partial charge is 0.436 e. The fourth-order valence-electron chi connectivity index (χ4n) is 2.20. The topological polar surface area (TPSA) is 80.0 Å². The van der Waals surface area contributed by atoms with Crippen LogP contribution in [-0.4, -0.2) is 21.0 Å². The summed E-state index contributed by atoms with van der Waals surface area (Å²) < 4.78 is 5.74. The van der Waals surface area contributed by atoms with Crippen LogP contribution in [0.4, 0.5) is 5.69 Å². The first-order chi connectivity index (χ1) is 11.7. The molecule has 122 valence electrons. The van der Waals surface area contributed by atoms with Crippen molar-refractivity contribution in [2.75, 3.05) is 5.32 Å². The van der Waals surface area contributed by atoms with Crippen LogP contribution in [-0.2, 0) is 4.79 Å². The van der Waals surface area contributed by atoms with E-state index in [1.165, 1.54) is 0 Å². The number of carbonyl (C=O) groups is 1. The maximum Gasteiger partial charge on any atom is 0.227 e. The normalized spacial score (nSPS) is 10.5. The van der Waals surface area contributed by atoms with Crippen molar-refractivity contribution < 1.29 is 9.21 Å². The number of hydrogen-bond acceptors (Lipinski definition) is 5. The van der Waals surface area contributed by atoms with Crippen molar-refractivity contribution in [2.45, 2.75) is 19.8 Å². The van der Waals surface area contributed by atoms with E-state index < -0.39 is 0 Å². The predicted molar refractivity (Wildman–Crippen MR) is 96.5 cm³/mol. The molecule has 2 aromatic heterocycles. The number of carbonyl (C=O) groups excluding carboxylic acids is 1. The maximum absolute atomic E-state index is 11.5. The average Bonchev–Trinajstić information content (AvgIpc) is 2.99. The van der Waals surface area contributed by atoms with Gasteiger partial charge in [-0.25, -0.2) is 4.98 Å². The number of benzene rings is 1. The lowest BCUT2D eigenvalue weighted by atomic mass is 10.3. The van der Waals surface area contributed by atoms with Gasteiger partial charge in [0.1, 0.15) is 5.52 Å². The summed E-state index contributed by atoms with van der Waals surface area (Å²) in [6.07, 6.45) is 4.60. The van der Waals surface area contributed by atoms with Gasteiger partial charge in [-0.15, -0.1) is 0 Å². The van der Waals surface area contributed by atoms with Gasteiger partial charge in [0.15, 0.2) is 10.7 Å². The maximum atomic E-state index is 11.5. The van der Waals surface area contributed by atoms with Crippen LogP contribution in [0.3, 0.4) is 0 Å². The number of amides is 1. The third-order valence-electron chi connectivity index (χ3n) is 3.30. The van der Waals surface area contributed by atoms with Crippen molar-refractivity contribution in [1.82, 2.24) is 15.3 Å². The Hall–Kier alpha value is -2.80. The van der Waals surface area contributed by atoms with Gasteiger partial charge in [-0.05, 0) is 49.0 Å². The van der Waals surface area contributed by atoms with Gasteiger partial charge in [0, 0.05) is 30.1 Å². The summed E-state index contributed by atoms with van der Waals surface area (Å²) in [5, 5.41) is 5.89. The van der Waals surface area contributed by atoms with Gasteiger partial charge in [0.2, 0.25) is 11.8 Å². The van der Waals surface area contributed by atoms with Crippen LogP contribution >= 0.6 is 12.2 Å². The van der Waals surface area contributed by atoms with Gasteiger partial charge in [-0.1, -0.05) is 6.92 Å². The molecule has 7 heteroatoms. The van der Waals surface area contributed by atoms with Crippen molar-refractivity contribution in [3.05, 3.63) is 42.7 Å². The van der Waals surface area contributed by atoms with Crippen LogP contribution in [0.1, 0.15) is 19.8 Å². The van der Waals surface area contributed by atoms with E-state index in [0.29, 0.717) is 23.4 Å². The zero-order chi connectivity index (χ0) is 16.9. The van der Waals surface area contributed by atoms with Crippen LogP contribution in [0.2, 0.25) is 0 Å². The molecular formula is C17H16N4O2S. The lowest BCUT2D eigenvalue weighted by molar-refractivity contribution is -0.119. The van der Waals surface area contributed by atoms with Crippen molar-refractivity contribution in [1.29, 1.82) is 0 Å². The summed E-state index contributed by atoms with van der Waals surface area (Å²) in [5.74, 6) is 0.431. The molecule has 0 unspecified atom stereocenters. The standard InChI is InChI=1S/C17H16N4O2S/c1-2-3-15(22)21-17(24)19-12-4-5-14-13(10-12)20-16(23-14)11-6-8-18-9-7-11/h4-10H,2-3H2,1H3,(H2,19,21,22,24). The van der Waals surface area contributed by atoms with E-state index in [9.17, 15) is 4.79 Å². The molecule has 2 N–H and O–H groups in total. The van der Waals surface area contributed by atoms with Crippen LogP contribution < -0.4 is 10.6 Å². The molecule has 0 saturated carbocycles. The lowest BCUT2D eigenvalue weighted by Crippen LogP contribution is -2.33. The molecule has 0 spiro atoms. The molecular weight excluding hydrogens is 324 g/mol. The van der Waals surface area contributed by atoms with Gasteiger partial charge in [0.05, 0.1) is 0 Å². The number of hydrogen-bond donors (Lipinski definition) is 2. The van der Waals surface area contributed by atoms with Crippen LogP contribution in [0, 0.1) is 0 Å². The number of nitrogens with zero attached hydrogens (tertiary/aromatic N) is 2. The van der Waals surface area contributed by atoms with Gasteiger partial charge >= 0.3 is 0 Å². The minimum Gasteiger partial charge on any atom is -0.436 e. The molecule has 0 bridgehead atoms. The summed E-state index contributed by atoms with van der Waals surface area (Å²) in [7, 11) is 0. The highest BCUT2D eigenvalue weighted by Gasteiger charge is 2.09. The first-order valence-electron chi connectivity index (χ1n) is 7.57. The number of aromatic nitrogens is 2. The number of rotatable bonds is 4. The van der Waals surface area contributed by atoms with E-state index in [4.69, 9.17) is 16.6 Å². The minimum absolute atomic E-state index is 0.0995. The molecule has 1 amide bonds. The fraction of sp³-hybridized carbons (Fsp3) is 0.176. The van der Waals surface area contributed by atoms with Crippen molar-refractivity contribution in [3.63, 3.8) is 0 Å². The van der Waals surface area contributed by atoms with E-state index in [1.54, 1.807) is 12.4 Å². The molecule has 1 aromatic carbocycles. The molecule has 0 saturated heterocycles. The third kappa shape index (κ3) is 3.75. The summed E-state index contributed by atoms with van der Waals surface area (Å²) in [5.41, 5.74) is 2.97. The second-order valence-corrected chi connectivity index (χ2v) is 5.60. The Morgan fingerprint density at radius 3 is 2.79 bits per heavy atom. The zero-order valence-corrected chi connectivity index (χ0v) is 13.9. The summed E-state index contributed by atoms with van der Waals surface area (Å²) in [6.45, 7) is 1.94. The molecule has 3 aromatic rings. The number of thiocarbonyl (C=S) groups is 1. The quantitative estimate of drug-likeness (QED) is 0.708. The number of anilines is 1. The monoisotopic (exact) mass is 340 g/mol. The van der Waals surface area contributed by atoms with E-state index in [0.717, 1.165) is 17.7 Å². The second-order valence-electron chi connectivity index (χ2n) is 5.19. The average molecular weight is 340 g/mol. The lowest BCUT2D eigenvalue weighted by Gasteiger charge is -2.08. The first kappa shape index (κ1) is 16.1. The Labute approximate surface area is 144 Å². The Kier molecular flexibility index (Phi) is 4.81. The number of nitrogens with one attached hydrogen (secondary N) is 2. The van der Waals surface area contributed by atoms with Crippen molar-refractivity contribution in [2.24, 2.45) is 0 Å². The SMILES string of the molecule is CCCC(=O)NC(=S)Nc1ccc2oc(-c3ccncc3)nc2c1. The molecule has 6 nitrogen and oxygen atoms in total. The van der Waals surface area contributed by atoms with Gasteiger partial charge in [0.25, 0.3) is 0 Å². The summed E-state index contributed by atoms with van der Waals surface area (Å²) in [6, 6.07) is 9.13. The fourth-order valence-corrected chi connectivity index (χ4v) is 2.43. The highest BCUT2D eigenvalue weighted by atomic mass is 32.1. The van der Waals surface area contributed by atoms with Crippen molar-refractivity contribution in [3.8, 4) is 11.5 Å². The van der Waals surface area contributed by atoms with Crippen LogP contribution in [0.15, 0.2) is 47.1 Å². The predicted octanol–water partition coefficient (Wildman–Crippen LogP) is 3.50. The van der Waals surface area contributed by atoms with Gasteiger partial charge < -0.3 is 15.1 Å². The Bertz CT molecular complexity index is 877. The van der Waals surface area contributed by atoms with E-state index in [-0.39, 0.29) is 11.0 Å². The molecule has 3 rings (SSSR count). The van der Waals surface area contributed by atoms with Gasteiger partial charge in [-0.3, -0.25) is 9.78 Å². The molecule has 0 aliphatic carbocycles. The third-order valence-corrected chi connectivity index (χ3v) is 3.51. The van der Waals surface area contributed by atoms with E-state index in [1.807, 2.05) is 37.3 Å². The van der Waals surface area contributed by atoms with Crippen LogP contribution in [0.5, 0.6) is 0 Å². The number of pyridine rings is 1. The highest BCUT2D eigenvalue weighted by molar-refractivity contribution is 7.80. The smallest absolute Gasteiger partial charge is 0.227 e. The summed E-state index contributed by atoms with van der Waals surface area (Å²) in [4.78, 5) is 20.0.